The van der Waals surface area contributed by atoms with Crippen LogP contribution in [0.15, 0.2) is 83.6 Å². The molecule has 126 valence electrons. The van der Waals surface area contributed by atoms with Crippen molar-refractivity contribution in [1.29, 1.82) is 0 Å². The Morgan fingerprint density at radius 2 is 1.88 bits per heavy atom. The molecule has 0 radical (unpaired) electrons. The maximum absolute atomic E-state index is 13.0. The van der Waals surface area contributed by atoms with Gasteiger partial charge in [0, 0.05) is 24.5 Å². The second-order valence-electron chi connectivity index (χ2n) is 5.84. The van der Waals surface area contributed by atoms with Gasteiger partial charge in [0.15, 0.2) is 11.2 Å². The van der Waals surface area contributed by atoms with Crippen molar-refractivity contribution in [1.82, 2.24) is 19.5 Å². The molecule has 0 fully saturated rings. The van der Waals surface area contributed by atoms with E-state index >= 15 is 0 Å². The second kappa shape index (κ2) is 7.13. The van der Waals surface area contributed by atoms with Gasteiger partial charge in [0.1, 0.15) is 5.82 Å². The molecule has 1 aliphatic rings. The fourth-order valence-electron chi connectivity index (χ4n) is 2.87. The average Bonchev–Trinajstić information content (AvgIpc) is 2.97. The lowest BCUT2D eigenvalue weighted by atomic mass is 10.1. The molecule has 0 saturated heterocycles. The number of hydrogen-bond donors (Lipinski definition) is 0. The molecule has 2 heterocycles. The van der Waals surface area contributed by atoms with Crippen LogP contribution in [0.4, 0.5) is 0 Å². The van der Waals surface area contributed by atoms with E-state index in [0.717, 1.165) is 17.6 Å². The van der Waals surface area contributed by atoms with Crippen molar-refractivity contribution in [3.8, 4) is 0 Å². The Morgan fingerprint density at radius 1 is 1.04 bits per heavy atom. The first-order valence-electron chi connectivity index (χ1n) is 8.38. The molecular formula is C21H16N4O. The van der Waals surface area contributed by atoms with Crippen LogP contribution in [0.25, 0.3) is 16.7 Å². The predicted molar refractivity (Wildman–Crippen MR) is 102 cm³/mol. The average molecular weight is 340 g/mol. The molecule has 5 heteroatoms. The molecule has 0 N–H and O–H groups in total. The summed E-state index contributed by atoms with van der Waals surface area (Å²) >= 11 is 0. The smallest absolute Gasteiger partial charge is 0.281 e. The summed E-state index contributed by atoms with van der Waals surface area (Å²) in [6.07, 6.45) is 13.1. The van der Waals surface area contributed by atoms with Crippen LogP contribution >= 0.6 is 0 Å². The van der Waals surface area contributed by atoms with Crippen molar-refractivity contribution in [2.24, 2.45) is 0 Å². The molecule has 0 unspecified atom stereocenters. The number of nitrogens with zero attached hydrogens (tertiary/aromatic N) is 4. The van der Waals surface area contributed by atoms with Gasteiger partial charge in [-0.3, -0.25) is 9.36 Å². The third kappa shape index (κ3) is 3.16. The fourth-order valence-corrected chi connectivity index (χ4v) is 2.87. The van der Waals surface area contributed by atoms with Crippen LogP contribution in [0.5, 0.6) is 0 Å². The van der Waals surface area contributed by atoms with Crippen molar-refractivity contribution in [2.45, 2.75) is 13.0 Å². The maximum Gasteiger partial charge on any atom is 0.281 e. The number of benzene rings is 1. The van der Waals surface area contributed by atoms with Gasteiger partial charge in [-0.25, -0.2) is 15.0 Å². The summed E-state index contributed by atoms with van der Waals surface area (Å²) in [6, 6.07) is 10.1. The molecule has 4 rings (SSSR count). The first kappa shape index (κ1) is 15.9. The quantitative estimate of drug-likeness (QED) is 0.685. The normalized spacial score (nSPS) is 13.0. The first-order chi connectivity index (χ1) is 12.8. The maximum atomic E-state index is 13.0. The lowest BCUT2D eigenvalue weighted by Crippen LogP contribution is -2.27. The molecule has 0 spiro atoms. The third-order valence-corrected chi connectivity index (χ3v) is 4.15. The highest BCUT2D eigenvalue weighted by molar-refractivity contribution is 5.76. The SMILES string of the molecule is O=c1c2nccnc2nc(C2=CC=C=CC=C2)n1CCc1ccccc1. The minimum Gasteiger partial charge on any atom is -0.290 e. The van der Waals surface area contributed by atoms with E-state index < -0.39 is 0 Å². The lowest BCUT2D eigenvalue weighted by molar-refractivity contribution is 0.651. The van der Waals surface area contributed by atoms with Crippen LogP contribution in [-0.2, 0) is 13.0 Å². The minimum absolute atomic E-state index is 0.176. The summed E-state index contributed by atoms with van der Waals surface area (Å²) < 4.78 is 1.68. The number of allylic oxidation sites excluding steroid dienone is 5. The molecular weight excluding hydrogens is 324 g/mol. The minimum atomic E-state index is -0.176. The van der Waals surface area contributed by atoms with Gasteiger partial charge in [-0.2, -0.15) is 0 Å². The molecule has 3 aromatic rings. The molecule has 1 aromatic carbocycles. The number of rotatable bonds is 4. The first-order valence-corrected chi connectivity index (χ1v) is 8.38. The van der Waals surface area contributed by atoms with Gasteiger partial charge in [-0.15, -0.1) is 5.73 Å². The Labute approximate surface area is 150 Å². The molecule has 0 amide bonds. The largest absolute Gasteiger partial charge is 0.290 e. The lowest BCUT2D eigenvalue weighted by Gasteiger charge is -2.13. The van der Waals surface area contributed by atoms with E-state index in [1.165, 1.54) is 6.20 Å². The Bertz CT molecular complexity index is 1130. The summed E-state index contributed by atoms with van der Waals surface area (Å²) in [7, 11) is 0. The molecule has 26 heavy (non-hydrogen) atoms. The summed E-state index contributed by atoms with van der Waals surface area (Å²) in [5, 5.41) is 0. The monoisotopic (exact) mass is 340 g/mol. The van der Waals surface area contributed by atoms with Gasteiger partial charge in [0.25, 0.3) is 5.56 Å². The molecule has 0 bridgehead atoms. The van der Waals surface area contributed by atoms with E-state index in [2.05, 4.69) is 32.8 Å². The van der Waals surface area contributed by atoms with Gasteiger partial charge >= 0.3 is 0 Å². The highest BCUT2D eigenvalue weighted by atomic mass is 16.1. The van der Waals surface area contributed by atoms with Crippen LogP contribution < -0.4 is 5.56 Å². The van der Waals surface area contributed by atoms with Crippen LogP contribution in [-0.4, -0.2) is 19.5 Å². The van der Waals surface area contributed by atoms with E-state index in [9.17, 15) is 4.79 Å². The van der Waals surface area contributed by atoms with Crippen molar-refractivity contribution in [3.05, 3.63) is 101 Å². The van der Waals surface area contributed by atoms with E-state index in [4.69, 9.17) is 0 Å². The summed E-state index contributed by atoms with van der Waals surface area (Å²) in [6.45, 7) is 0.514. The zero-order chi connectivity index (χ0) is 17.8. The Kier molecular flexibility index (Phi) is 4.37. The van der Waals surface area contributed by atoms with E-state index in [1.54, 1.807) is 10.8 Å². The van der Waals surface area contributed by atoms with Crippen LogP contribution in [0, 0.1) is 0 Å². The highest BCUT2D eigenvalue weighted by Gasteiger charge is 2.15. The van der Waals surface area contributed by atoms with Crippen LogP contribution in [0.3, 0.4) is 0 Å². The predicted octanol–water partition coefficient (Wildman–Crippen LogP) is 3.09. The summed E-state index contributed by atoms with van der Waals surface area (Å²) in [5.41, 5.74) is 5.49. The fraction of sp³-hybridized carbons (Fsp3) is 0.0952. The number of hydrogen-bond acceptors (Lipinski definition) is 4. The molecule has 0 aliphatic heterocycles. The number of aryl methyl sites for hydroxylation is 1. The van der Waals surface area contributed by atoms with Gasteiger partial charge in [0.2, 0.25) is 0 Å². The topological polar surface area (TPSA) is 60.7 Å². The molecule has 5 nitrogen and oxygen atoms in total. The van der Waals surface area contributed by atoms with Crippen molar-refractivity contribution in [2.75, 3.05) is 0 Å². The number of aromatic nitrogens is 4. The highest BCUT2D eigenvalue weighted by Crippen LogP contribution is 2.17. The zero-order valence-corrected chi connectivity index (χ0v) is 14.0. The van der Waals surface area contributed by atoms with E-state index in [-0.39, 0.29) is 11.1 Å². The Balaban J connectivity index is 1.84. The molecule has 1 aliphatic carbocycles. The van der Waals surface area contributed by atoms with Crippen molar-refractivity contribution in [3.63, 3.8) is 0 Å². The van der Waals surface area contributed by atoms with Crippen LogP contribution in [0.1, 0.15) is 11.4 Å². The van der Waals surface area contributed by atoms with Gasteiger partial charge in [-0.05, 0) is 30.2 Å². The van der Waals surface area contributed by atoms with E-state index in [1.807, 2.05) is 48.6 Å². The standard InChI is InChI=1S/C21H16N4O/c26-21-18-19(23-14-13-22-18)24-20(17-10-6-1-2-7-11-17)25(21)15-12-16-8-4-3-5-9-16/h1,3-11,13-14H,12,15H2. The van der Waals surface area contributed by atoms with Gasteiger partial charge < -0.3 is 0 Å². The molecule has 0 atom stereocenters. The zero-order valence-electron chi connectivity index (χ0n) is 14.0. The molecule has 2 aromatic heterocycles. The van der Waals surface area contributed by atoms with Gasteiger partial charge in [-0.1, -0.05) is 42.5 Å². The van der Waals surface area contributed by atoms with Crippen molar-refractivity contribution < 1.29 is 0 Å². The van der Waals surface area contributed by atoms with Crippen molar-refractivity contribution >= 4 is 16.7 Å². The van der Waals surface area contributed by atoms with E-state index in [0.29, 0.717) is 18.0 Å². The summed E-state index contributed by atoms with van der Waals surface area (Å²) in [4.78, 5) is 26.0. The number of fused-ring (bicyclic) bond motifs is 1. The Morgan fingerprint density at radius 3 is 2.77 bits per heavy atom. The molecule has 0 saturated carbocycles. The summed E-state index contributed by atoms with van der Waals surface area (Å²) in [5.74, 6) is 0.587. The second-order valence-corrected chi connectivity index (χ2v) is 5.84. The van der Waals surface area contributed by atoms with Gasteiger partial charge in [0.05, 0.1) is 0 Å². The third-order valence-electron chi connectivity index (χ3n) is 4.15. The van der Waals surface area contributed by atoms with Crippen LogP contribution in [0.2, 0.25) is 0 Å². The Hall–Kier alpha value is -3.56.